The number of imide groups is 1. The van der Waals surface area contributed by atoms with Crippen LogP contribution in [0, 0.1) is 0 Å². The Bertz CT molecular complexity index is 949. The Morgan fingerprint density at radius 2 is 1.83 bits per heavy atom. The number of halogens is 1. The molecule has 0 aliphatic carbocycles. The van der Waals surface area contributed by atoms with E-state index in [1.165, 1.54) is 16.2 Å². The molecule has 5 nitrogen and oxygen atoms in total. The van der Waals surface area contributed by atoms with E-state index in [9.17, 15) is 9.59 Å². The molecule has 29 heavy (non-hydrogen) atoms. The van der Waals surface area contributed by atoms with Crippen LogP contribution in [0.15, 0.2) is 47.5 Å². The third-order valence-corrected chi connectivity index (χ3v) is 7.04. The van der Waals surface area contributed by atoms with Gasteiger partial charge in [-0.1, -0.05) is 35.9 Å². The second-order valence-corrected chi connectivity index (χ2v) is 8.99. The van der Waals surface area contributed by atoms with E-state index in [0.717, 1.165) is 36.4 Å². The van der Waals surface area contributed by atoms with Crippen molar-refractivity contribution < 1.29 is 9.59 Å². The molecule has 7 heteroatoms. The van der Waals surface area contributed by atoms with Crippen molar-refractivity contribution in [1.29, 1.82) is 0 Å². The Morgan fingerprint density at radius 1 is 1.10 bits per heavy atom. The van der Waals surface area contributed by atoms with Crippen LogP contribution < -0.4 is 0 Å². The molecule has 0 radical (unpaired) electrons. The Morgan fingerprint density at radius 3 is 2.48 bits per heavy atom. The first-order chi connectivity index (χ1) is 14.0. The molecule has 0 saturated carbocycles. The topological polar surface area (TPSA) is 43.9 Å². The Labute approximate surface area is 180 Å². The maximum Gasteiger partial charge on any atom is 0.278 e. The van der Waals surface area contributed by atoms with E-state index in [1.807, 2.05) is 47.7 Å². The second-order valence-electron chi connectivity index (χ2n) is 7.63. The zero-order valence-corrected chi connectivity index (χ0v) is 18.2. The van der Waals surface area contributed by atoms with Crippen molar-refractivity contribution >= 4 is 40.3 Å². The highest BCUT2D eigenvalue weighted by Crippen LogP contribution is 2.36. The van der Waals surface area contributed by atoms with Crippen LogP contribution in [0.5, 0.6) is 0 Å². The van der Waals surface area contributed by atoms with E-state index in [2.05, 4.69) is 11.9 Å². The molecule has 0 N–H and O–H groups in total. The molecule has 1 fully saturated rings. The van der Waals surface area contributed by atoms with Crippen molar-refractivity contribution in [2.24, 2.45) is 0 Å². The van der Waals surface area contributed by atoms with E-state index in [0.29, 0.717) is 16.3 Å². The zero-order valence-electron chi connectivity index (χ0n) is 16.6. The van der Waals surface area contributed by atoms with E-state index in [-0.39, 0.29) is 24.4 Å². The molecule has 152 valence electrons. The predicted octanol–water partition coefficient (Wildman–Crippen LogP) is 3.71. The van der Waals surface area contributed by atoms with Crippen molar-refractivity contribution in [2.45, 2.75) is 25.4 Å². The fourth-order valence-electron chi connectivity index (χ4n) is 4.04. The summed E-state index contributed by atoms with van der Waals surface area (Å²) in [6.07, 6.45) is 1.94. The summed E-state index contributed by atoms with van der Waals surface area (Å²) in [6, 6.07) is 11.4. The third kappa shape index (κ3) is 3.84. The molecule has 0 spiro atoms. The molecule has 0 atom stereocenters. The van der Waals surface area contributed by atoms with Crippen LogP contribution in [0.1, 0.15) is 23.3 Å². The van der Waals surface area contributed by atoms with Gasteiger partial charge in [0.1, 0.15) is 5.70 Å². The molecule has 1 aromatic carbocycles. The average molecular weight is 430 g/mol. The number of hydrogen-bond acceptors (Lipinski definition) is 5. The quantitative estimate of drug-likeness (QED) is 0.679. The molecule has 1 aromatic heterocycles. The van der Waals surface area contributed by atoms with Gasteiger partial charge in [-0.3, -0.25) is 14.5 Å². The van der Waals surface area contributed by atoms with E-state index in [4.69, 9.17) is 11.6 Å². The van der Waals surface area contributed by atoms with E-state index < -0.39 is 0 Å². The summed E-state index contributed by atoms with van der Waals surface area (Å²) in [7, 11) is 4.06. The normalized spacial score (nSPS) is 18.8. The first-order valence-electron chi connectivity index (χ1n) is 9.76. The maximum atomic E-state index is 13.4. The molecule has 0 bridgehead atoms. The third-order valence-electron chi connectivity index (χ3n) is 5.79. The van der Waals surface area contributed by atoms with Crippen LogP contribution in [0.2, 0.25) is 5.02 Å². The number of benzene rings is 1. The van der Waals surface area contributed by atoms with Gasteiger partial charge in [-0.15, -0.1) is 11.3 Å². The van der Waals surface area contributed by atoms with Gasteiger partial charge in [0.15, 0.2) is 0 Å². The molecular formula is C22H24ClN3O2S. The lowest BCUT2D eigenvalue weighted by molar-refractivity contribution is -0.138. The number of hydrogen-bond donors (Lipinski definition) is 0. The molecule has 2 aromatic rings. The molecule has 2 aliphatic heterocycles. The van der Waals surface area contributed by atoms with Crippen LogP contribution in [0.4, 0.5) is 0 Å². The first kappa shape index (κ1) is 20.1. The summed E-state index contributed by atoms with van der Waals surface area (Å²) in [5, 5.41) is 2.49. The van der Waals surface area contributed by atoms with Crippen molar-refractivity contribution in [3.8, 4) is 0 Å². The van der Waals surface area contributed by atoms with Gasteiger partial charge in [0.25, 0.3) is 11.8 Å². The SMILES string of the molecule is CN1CCC(N(C)C2=C(c3cccs3)C(=O)N(Cc3ccccc3Cl)C2=O)CC1. The average Bonchev–Trinajstić information content (AvgIpc) is 3.32. The number of carbonyl (C=O) groups is 2. The Hall–Kier alpha value is -2.15. The highest BCUT2D eigenvalue weighted by Gasteiger charge is 2.42. The summed E-state index contributed by atoms with van der Waals surface area (Å²) in [6.45, 7) is 2.15. The number of amides is 2. The van der Waals surface area contributed by atoms with Gasteiger partial charge in [0, 0.05) is 23.0 Å². The lowest BCUT2D eigenvalue weighted by atomic mass is 10.0. The highest BCUT2D eigenvalue weighted by molar-refractivity contribution is 7.11. The van der Waals surface area contributed by atoms with Crippen molar-refractivity contribution in [3.05, 3.63) is 62.9 Å². The van der Waals surface area contributed by atoms with Gasteiger partial charge in [-0.05, 0) is 56.1 Å². The fraction of sp³-hybridized carbons (Fsp3) is 0.364. The molecule has 0 unspecified atom stereocenters. The van der Waals surface area contributed by atoms with Crippen LogP contribution in [-0.4, -0.2) is 59.7 Å². The summed E-state index contributed by atoms with van der Waals surface area (Å²) in [5.74, 6) is -0.480. The first-order valence-corrected chi connectivity index (χ1v) is 11.0. The minimum atomic E-state index is -0.243. The Balaban J connectivity index is 1.68. The van der Waals surface area contributed by atoms with Crippen LogP contribution in [0.25, 0.3) is 5.57 Å². The van der Waals surface area contributed by atoms with Crippen molar-refractivity contribution in [3.63, 3.8) is 0 Å². The fourth-order valence-corrected chi connectivity index (χ4v) is 5.00. The largest absolute Gasteiger partial charge is 0.366 e. The smallest absolute Gasteiger partial charge is 0.278 e. The summed E-state index contributed by atoms with van der Waals surface area (Å²) in [4.78, 5) is 33.3. The molecular weight excluding hydrogens is 406 g/mol. The van der Waals surface area contributed by atoms with Gasteiger partial charge >= 0.3 is 0 Å². The standard InChI is InChI=1S/C22H24ClN3O2S/c1-24-11-9-16(10-12-24)25(2)20-19(18-8-5-13-29-18)21(27)26(22(20)28)14-15-6-3-4-7-17(15)23/h3-8,13,16H,9-12,14H2,1-2H3. The molecule has 4 rings (SSSR count). The van der Waals surface area contributed by atoms with Gasteiger partial charge < -0.3 is 9.80 Å². The van der Waals surface area contributed by atoms with Crippen LogP contribution in [0.3, 0.4) is 0 Å². The minimum Gasteiger partial charge on any atom is -0.366 e. The minimum absolute atomic E-state index is 0.178. The number of likely N-dealkylation sites (N-methyl/N-ethyl adjacent to an activating group) is 1. The molecule has 2 amide bonds. The summed E-state index contributed by atoms with van der Waals surface area (Å²) >= 11 is 7.78. The lowest BCUT2D eigenvalue weighted by Crippen LogP contribution is -2.43. The summed E-state index contributed by atoms with van der Waals surface area (Å²) in [5.41, 5.74) is 1.79. The molecule has 2 aliphatic rings. The van der Waals surface area contributed by atoms with Crippen LogP contribution >= 0.6 is 22.9 Å². The Kier molecular flexibility index (Phi) is 5.76. The van der Waals surface area contributed by atoms with Gasteiger partial charge in [0.05, 0.1) is 12.1 Å². The number of rotatable bonds is 5. The predicted molar refractivity (Wildman–Crippen MR) is 117 cm³/mol. The van der Waals surface area contributed by atoms with Gasteiger partial charge in [-0.25, -0.2) is 0 Å². The highest BCUT2D eigenvalue weighted by atomic mass is 35.5. The van der Waals surface area contributed by atoms with Crippen molar-refractivity contribution in [1.82, 2.24) is 14.7 Å². The number of nitrogens with zero attached hydrogens (tertiary/aromatic N) is 3. The molecule has 3 heterocycles. The number of carbonyl (C=O) groups excluding carboxylic acids is 2. The number of likely N-dealkylation sites (tertiary alicyclic amines) is 1. The van der Waals surface area contributed by atoms with E-state index >= 15 is 0 Å². The van der Waals surface area contributed by atoms with Crippen molar-refractivity contribution in [2.75, 3.05) is 27.2 Å². The van der Waals surface area contributed by atoms with Gasteiger partial charge in [-0.2, -0.15) is 0 Å². The monoisotopic (exact) mass is 429 g/mol. The number of piperidine rings is 1. The summed E-state index contributed by atoms with van der Waals surface area (Å²) < 4.78 is 0. The maximum absolute atomic E-state index is 13.4. The van der Waals surface area contributed by atoms with Gasteiger partial charge in [0.2, 0.25) is 0 Å². The van der Waals surface area contributed by atoms with Crippen LogP contribution in [-0.2, 0) is 16.1 Å². The number of thiophene rings is 1. The van der Waals surface area contributed by atoms with E-state index in [1.54, 1.807) is 6.07 Å². The zero-order chi connectivity index (χ0) is 20.5. The second kappa shape index (κ2) is 8.30. The molecule has 1 saturated heterocycles. The lowest BCUT2D eigenvalue weighted by Gasteiger charge is -2.36.